The molecule has 0 unspecified atom stereocenters. The van der Waals surface area contributed by atoms with Crippen LogP contribution < -0.4 is 9.47 Å². The van der Waals surface area contributed by atoms with Gasteiger partial charge in [-0.05, 0) is 31.2 Å². The van der Waals surface area contributed by atoms with Gasteiger partial charge < -0.3 is 14.2 Å². The van der Waals surface area contributed by atoms with Crippen LogP contribution in [0.2, 0.25) is 0 Å². The lowest BCUT2D eigenvalue weighted by molar-refractivity contribution is 0.0520. The smallest absolute Gasteiger partial charge is 0.359 e. The SMILES string of the molecule is CCOC(=O)c1nc2ccccc2nc1-c1cc(OC)cc(OC)c1. The first kappa shape index (κ1) is 16.7. The van der Waals surface area contributed by atoms with Gasteiger partial charge in [0.2, 0.25) is 0 Å². The molecule has 0 aliphatic carbocycles. The molecule has 0 spiro atoms. The van der Waals surface area contributed by atoms with Crippen LogP contribution in [0, 0.1) is 0 Å². The maximum absolute atomic E-state index is 12.4. The molecule has 1 heterocycles. The number of methoxy groups -OCH3 is 2. The van der Waals surface area contributed by atoms with E-state index in [1.54, 1.807) is 45.4 Å². The molecular weight excluding hydrogens is 320 g/mol. The number of hydrogen-bond donors (Lipinski definition) is 0. The van der Waals surface area contributed by atoms with E-state index in [-0.39, 0.29) is 12.3 Å². The first-order chi connectivity index (χ1) is 12.2. The van der Waals surface area contributed by atoms with Crippen LogP contribution >= 0.6 is 0 Å². The predicted octanol–water partition coefficient (Wildman–Crippen LogP) is 3.49. The molecule has 3 aromatic rings. The number of carbonyl (C=O) groups is 1. The third-order valence-corrected chi connectivity index (χ3v) is 3.66. The summed E-state index contributed by atoms with van der Waals surface area (Å²) in [4.78, 5) is 21.5. The molecule has 3 rings (SSSR count). The van der Waals surface area contributed by atoms with Crippen LogP contribution in [0.5, 0.6) is 11.5 Å². The van der Waals surface area contributed by atoms with Gasteiger partial charge >= 0.3 is 5.97 Å². The van der Waals surface area contributed by atoms with Gasteiger partial charge in [0, 0.05) is 11.6 Å². The van der Waals surface area contributed by atoms with Crippen molar-refractivity contribution in [1.82, 2.24) is 9.97 Å². The Morgan fingerprint density at radius 3 is 2.12 bits per heavy atom. The molecule has 2 aromatic carbocycles. The van der Waals surface area contributed by atoms with E-state index in [0.29, 0.717) is 33.8 Å². The summed E-state index contributed by atoms with van der Waals surface area (Å²) in [5, 5.41) is 0. The molecule has 128 valence electrons. The van der Waals surface area contributed by atoms with Gasteiger partial charge in [-0.1, -0.05) is 12.1 Å². The van der Waals surface area contributed by atoms with Crippen molar-refractivity contribution in [2.45, 2.75) is 6.92 Å². The quantitative estimate of drug-likeness (QED) is 0.663. The second kappa shape index (κ2) is 7.17. The maximum atomic E-state index is 12.4. The standard InChI is InChI=1S/C19H18N2O4/c1-4-25-19(22)18-17(20-15-7-5-6-8-16(15)21-18)12-9-13(23-2)11-14(10-12)24-3/h5-11H,4H2,1-3H3. The van der Waals surface area contributed by atoms with Crippen molar-refractivity contribution < 1.29 is 19.0 Å². The van der Waals surface area contributed by atoms with Gasteiger partial charge in [0.05, 0.1) is 31.9 Å². The first-order valence-electron chi connectivity index (χ1n) is 7.83. The van der Waals surface area contributed by atoms with Crippen LogP contribution in [0.4, 0.5) is 0 Å². The molecule has 0 aliphatic heterocycles. The Labute approximate surface area is 145 Å². The van der Waals surface area contributed by atoms with Crippen molar-refractivity contribution in [3.05, 3.63) is 48.2 Å². The highest BCUT2D eigenvalue weighted by Gasteiger charge is 2.20. The van der Waals surface area contributed by atoms with Gasteiger partial charge in [-0.2, -0.15) is 0 Å². The number of esters is 1. The lowest BCUT2D eigenvalue weighted by Gasteiger charge is -2.12. The zero-order valence-electron chi connectivity index (χ0n) is 14.3. The zero-order valence-corrected chi connectivity index (χ0v) is 14.3. The lowest BCUT2D eigenvalue weighted by atomic mass is 10.1. The Hall–Kier alpha value is -3.15. The molecule has 0 N–H and O–H groups in total. The second-order valence-corrected chi connectivity index (χ2v) is 5.23. The van der Waals surface area contributed by atoms with Gasteiger partial charge in [0.25, 0.3) is 0 Å². The molecule has 25 heavy (non-hydrogen) atoms. The van der Waals surface area contributed by atoms with Crippen molar-refractivity contribution in [3.63, 3.8) is 0 Å². The molecule has 0 saturated heterocycles. The highest BCUT2D eigenvalue weighted by atomic mass is 16.5. The van der Waals surface area contributed by atoms with Crippen molar-refractivity contribution >= 4 is 17.0 Å². The van der Waals surface area contributed by atoms with E-state index in [0.717, 1.165) is 0 Å². The third-order valence-electron chi connectivity index (χ3n) is 3.66. The molecule has 0 aliphatic rings. The Balaban J connectivity index is 2.26. The molecule has 6 heteroatoms. The van der Waals surface area contributed by atoms with Gasteiger partial charge in [-0.25, -0.2) is 14.8 Å². The van der Waals surface area contributed by atoms with Gasteiger partial charge in [0.1, 0.15) is 17.2 Å². The number of benzene rings is 2. The van der Waals surface area contributed by atoms with Crippen LogP contribution in [0.15, 0.2) is 42.5 Å². The summed E-state index contributed by atoms with van der Waals surface area (Å²) >= 11 is 0. The molecule has 0 fully saturated rings. The lowest BCUT2D eigenvalue weighted by Crippen LogP contribution is -2.11. The summed E-state index contributed by atoms with van der Waals surface area (Å²) in [6.07, 6.45) is 0. The number of para-hydroxylation sites is 2. The minimum absolute atomic E-state index is 0.163. The van der Waals surface area contributed by atoms with Crippen molar-refractivity contribution in [1.29, 1.82) is 0 Å². The monoisotopic (exact) mass is 338 g/mol. The summed E-state index contributed by atoms with van der Waals surface area (Å²) in [5.41, 5.74) is 2.57. The average Bonchev–Trinajstić information content (AvgIpc) is 2.66. The fourth-order valence-electron chi connectivity index (χ4n) is 2.49. The van der Waals surface area contributed by atoms with Gasteiger partial charge in [-0.3, -0.25) is 0 Å². The molecule has 0 saturated carbocycles. The summed E-state index contributed by atoms with van der Waals surface area (Å²) in [5.74, 6) is 0.677. The van der Waals surface area contributed by atoms with E-state index in [9.17, 15) is 4.79 Å². The number of hydrogen-bond acceptors (Lipinski definition) is 6. The highest BCUT2D eigenvalue weighted by Crippen LogP contribution is 2.31. The summed E-state index contributed by atoms with van der Waals surface area (Å²) in [7, 11) is 3.13. The van der Waals surface area contributed by atoms with Crippen LogP contribution in [-0.2, 0) is 4.74 Å². The largest absolute Gasteiger partial charge is 0.497 e. The number of nitrogens with zero attached hydrogens (tertiary/aromatic N) is 2. The number of fused-ring (bicyclic) bond motifs is 1. The fraction of sp³-hybridized carbons (Fsp3) is 0.211. The van der Waals surface area contributed by atoms with Crippen molar-refractivity contribution in [3.8, 4) is 22.8 Å². The first-order valence-corrected chi connectivity index (χ1v) is 7.83. The van der Waals surface area contributed by atoms with Crippen LogP contribution in [0.1, 0.15) is 17.4 Å². The van der Waals surface area contributed by atoms with Crippen LogP contribution in [0.3, 0.4) is 0 Å². The van der Waals surface area contributed by atoms with E-state index >= 15 is 0 Å². The molecule has 0 amide bonds. The van der Waals surface area contributed by atoms with E-state index in [4.69, 9.17) is 14.2 Å². The number of ether oxygens (including phenoxy) is 3. The average molecular weight is 338 g/mol. The molecule has 6 nitrogen and oxygen atoms in total. The molecule has 0 atom stereocenters. The normalized spacial score (nSPS) is 10.5. The molecule has 1 aromatic heterocycles. The topological polar surface area (TPSA) is 70.5 Å². The number of aromatic nitrogens is 2. The highest BCUT2D eigenvalue weighted by molar-refractivity contribution is 5.97. The Bertz CT molecular complexity index is 902. The van der Waals surface area contributed by atoms with E-state index < -0.39 is 5.97 Å². The number of carbonyl (C=O) groups excluding carboxylic acids is 1. The van der Waals surface area contributed by atoms with Crippen LogP contribution in [0.25, 0.3) is 22.3 Å². The van der Waals surface area contributed by atoms with E-state index in [1.807, 2.05) is 18.2 Å². The van der Waals surface area contributed by atoms with Crippen molar-refractivity contribution in [2.24, 2.45) is 0 Å². The Morgan fingerprint density at radius 1 is 0.960 bits per heavy atom. The minimum atomic E-state index is -0.516. The summed E-state index contributed by atoms with van der Waals surface area (Å²) in [6, 6.07) is 12.7. The molecule has 0 radical (unpaired) electrons. The number of rotatable bonds is 5. The zero-order chi connectivity index (χ0) is 17.8. The predicted molar refractivity (Wildman–Crippen MR) is 94.0 cm³/mol. The van der Waals surface area contributed by atoms with E-state index in [2.05, 4.69) is 9.97 Å². The van der Waals surface area contributed by atoms with Gasteiger partial charge in [0.15, 0.2) is 5.69 Å². The maximum Gasteiger partial charge on any atom is 0.359 e. The van der Waals surface area contributed by atoms with Gasteiger partial charge in [-0.15, -0.1) is 0 Å². The van der Waals surface area contributed by atoms with Crippen LogP contribution in [-0.4, -0.2) is 36.8 Å². The second-order valence-electron chi connectivity index (χ2n) is 5.23. The third kappa shape index (κ3) is 3.38. The minimum Gasteiger partial charge on any atom is -0.497 e. The summed E-state index contributed by atoms with van der Waals surface area (Å²) in [6.45, 7) is 2.01. The van der Waals surface area contributed by atoms with E-state index in [1.165, 1.54) is 0 Å². The summed E-state index contributed by atoms with van der Waals surface area (Å²) < 4.78 is 15.8. The fourth-order valence-corrected chi connectivity index (χ4v) is 2.49. The Morgan fingerprint density at radius 2 is 1.56 bits per heavy atom. The molecular formula is C19H18N2O4. The Kier molecular flexibility index (Phi) is 4.79. The van der Waals surface area contributed by atoms with Crippen molar-refractivity contribution in [2.75, 3.05) is 20.8 Å². The molecule has 0 bridgehead atoms.